The molecule has 136 valence electrons. The van der Waals surface area contributed by atoms with E-state index < -0.39 is 0 Å². The number of nitrogens with zero attached hydrogens (tertiary/aromatic N) is 4. The summed E-state index contributed by atoms with van der Waals surface area (Å²) in [4.78, 5) is 16.9. The van der Waals surface area contributed by atoms with E-state index in [1.807, 2.05) is 49.4 Å². The molecule has 0 atom stereocenters. The van der Waals surface area contributed by atoms with E-state index in [4.69, 9.17) is 0 Å². The van der Waals surface area contributed by atoms with Crippen molar-refractivity contribution in [1.82, 2.24) is 9.47 Å². The van der Waals surface area contributed by atoms with Gasteiger partial charge in [0.25, 0.3) is 0 Å². The Hall–Kier alpha value is -2.94. The number of hydrogen-bond acceptors (Lipinski definition) is 3. The molecule has 0 radical (unpaired) electrons. The predicted molar refractivity (Wildman–Crippen MR) is 103 cm³/mol. The average molecular weight is 351 g/mol. The van der Waals surface area contributed by atoms with Gasteiger partial charge in [0.05, 0.1) is 5.56 Å². The van der Waals surface area contributed by atoms with E-state index >= 15 is 0 Å². The van der Waals surface area contributed by atoms with E-state index in [-0.39, 0.29) is 11.6 Å². The Morgan fingerprint density at radius 3 is 2.65 bits per heavy atom. The summed E-state index contributed by atoms with van der Waals surface area (Å²) in [6.07, 6.45) is 1.78. The molecule has 0 saturated carbocycles. The Labute approximate surface area is 154 Å². The minimum absolute atomic E-state index is 0.150. The number of fused-ring (bicyclic) bond motifs is 1. The van der Waals surface area contributed by atoms with Crippen LogP contribution in [0.2, 0.25) is 0 Å². The molecule has 1 aromatic heterocycles. The number of urea groups is 1. The largest absolute Gasteiger partial charge is 0.373 e. The molecular formula is C20H25N5O. The molecule has 2 heterocycles. The van der Waals surface area contributed by atoms with Crippen LogP contribution in [0.3, 0.4) is 0 Å². The van der Waals surface area contributed by atoms with E-state index in [0.717, 1.165) is 17.8 Å². The number of benzene rings is 1. The van der Waals surface area contributed by atoms with Gasteiger partial charge in [0, 0.05) is 44.1 Å². The number of carbonyl (C=O) groups is 1. The van der Waals surface area contributed by atoms with E-state index in [1.165, 1.54) is 0 Å². The summed E-state index contributed by atoms with van der Waals surface area (Å²) in [6.45, 7) is 8.10. The minimum atomic E-state index is -0.233. The average Bonchev–Trinajstić information content (AvgIpc) is 2.93. The van der Waals surface area contributed by atoms with Crippen LogP contribution < -0.4 is 10.2 Å². The van der Waals surface area contributed by atoms with Crippen LogP contribution in [-0.2, 0) is 12.1 Å². The van der Waals surface area contributed by atoms with E-state index in [9.17, 15) is 10.1 Å². The summed E-state index contributed by atoms with van der Waals surface area (Å²) in [5, 5.41) is 12.2. The fourth-order valence-electron chi connectivity index (χ4n) is 3.23. The summed E-state index contributed by atoms with van der Waals surface area (Å²) >= 11 is 0. The predicted octanol–water partition coefficient (Wildman–Crippen LogP) is 3.60. The first-order chi connectivity index (χ1) is 12.3. The van der Waals surface area contributed by atoms with Crippen LogP contribution in [0.5, 0.6) is 0 Å². The molecule has 0 fully saturated rings. The molecule has 1 aliphatic heterocycles. The third-order valence-corrected chi connectivity index (χ3v) is 4.66. The van der Waals surface area contributed by atoms with Gasteiger partial charge in [-0.1, -0.05) is 18.2 Å². The number of para-hydroxylation sites is 1. The minimum Gasteiger partial charge on any atom is -0.373 e. The third-order valence-electron chi connectivity index (χ3n) is 4.66. The highest BCUT2D eigenvalue weighted by Gasteiger charge is 2.24. The topological polar surface area (TPSA) is 64.3 Å². The van der Waals surface area contributed by atoms with Gasteiger partial charge in [0.2, 0.25) is 0 Å². The number of hydrogen-bond donors (Lipinski definition) is 1. The van der Waals surface area contributed by atoms with Crippen LogP contribution in [0.4, 0.5) is 16.3 Å². The normalized spacial score (nSPS) is 14.4. The van der Waals surface area contributed by atoms with Gasteiger partial charge < -0.3 is 14.4 Å². The summed E-state index contributed by atoms with van der Waals surface area (Å²) < 4.78 is 1.93. The molecule has 6 heteroatoms. The second kappa shape index (κ2) is 6.75. The first-order valence-corrected chi connectivity index (χ1v) is 8.77. The van der Waals surface area contributed by atoms with Crippen LogP contribution >= 0.6 is 0 Å². The lowest BCUT2D eigenvalue weighted by atomic mass is 10.1. The molecule has 3 rings (SSSR count). The number of carbonyl (C=O) groups excluding carboxylic acids is 1. The lowest BCUT2D eigenvalue weighted by Gasteiger charge is -2.26. The Balaban J connectivity index is 1.83. The van der Waals surface area contributed by atoms with E-state index in [1.54, 1.807) is 12.3 Å². The Kier molecular flexibility index (Phi) is 4.64. The molecule has 0 bridgehead atoms. The first-order valence-electron chi connectivity index (χ1n) is 8.77. The fourth-order valence-corrected chi connectivity index (χ4v) is 3.23. The molecule has 1 aromatic carbocycles. The van der Waals surface area contributed by atoms with Crippen molar-refractivity contribution in [2.45, 2.75) is 32.9 Å². The highest BCUT2D eigenvalue weighted by atomic mass is 16.2. The summed E-state index contributed by atoms with van der Waals surface area (Å²) in [5.41, 5.74) is 2.60. The highest BCUT2D eigenvalue weighted by Crippen LogP contribution is 2.26. The number of anilines is 2. The number of aromatic nitrogens is 1. The molecule has 1 N–H and O–H groups in total. The van der Waals surface area contributed by atoms with Gasteiger partial charge in [-0.25, -0.2) is 4.79 Å². The zero-order valence-electron chi connectivity index (χ0n) is 15.8. The van der Waals surface area contributed by atoms with Crippen molar-refractivity contribution in [2.24, 2.45) is 0 Å². The van der Waals surface area contributed by atoms with Crippen LogP contribution in [0.15, 0.2) is 36.5 Å². The van der Waals surface area contributed by atoms with Crippen molar-refractivity contribution in [3.63, 3.8) is 0 Å². The number of likely N-dealkylation sites (N-methyl/N-ethyl adjacent to an activating group) is 1. The maximum Gasteiger partial charge on any atom is 0.323 e. The molecule has 1 aliphatic rings. The zero-order valence-corrected chi connectivity index (χ0v) is 15.8. The van der Waals surface area contributed by atoms with Crippen molar-refractivity contribution < 1.29 is 4.79 Å². The first kappa shape index (κ1) is 17.9. The lowest BCUT2D eigenvalue weighted by molar-refractivity contribution is 0.211. The molecule has 0 saturated heterocycles. The monoisotopic (exact) mass is 351 g/mol. The molecular weight excluding hydrogens is 326 g/mol. The van der Waals surface area contributed by atoms with Gasteiger partial charge in [-0.05, 0) is 38.5 Å². The molecule has 26 heavy (non-hydrogen) atoms. The lowest BCUT2D eigenvalue weighted by Crippen LogP contribution is -2.38. The van der Waals surface area contributed by atoms with Crippen LogP contribution in [0.25, 0.3) is 0 Å². The van der Waals surface area contributed by atoms with E-state index in [0.29, 0.717) is 24.5 Å². The Morgan fingerprint density at radius 2 is 1.96 bits per heavy atom. The molecule has 0 aliphatic carbocycles. The van der Waals surface area contributed by atoms with Gasteiger partial charge in [0.15, 0.2) is 0 Å². The summed E-state index contributed by atoms with van der Waals surface area (Å²) in [6, 6.07) is 11.9. The van der Waals surface area contributed by atoms with E-state index in [2.05, 4.69) is 28.4 Å². The Morgan fingerprint density at radius 1 is 1.23 bits per heavy atom. The van der Waals surface area contributed by atoms with Gasteiger partial charge >= 0.3 is 6.03 Å². The number of rotatable bonds is 1. The van der Waals surface area contributed by atoms with Crippen LogP contribution in [0, 0.1) is 11.3 Å². The maximum atomic E-state index is 12.9. The summed E-state index contributed by atoms with van der Waals surface area (Å²) in [5.74, 6) is 0.643. The van der Waals surface area contributed by atoms with Crippen molar-refractivity contribution in [1.29, 1.82) is 5.26 Å². The quantitative estimate of drug-likeness (QED) is 0.854. The van der Waals surface area contributed by atoms with Crippen molar-refractivity contribution in [2.75, 3.05) is 30.4 Å². The van der Waals surface area contributed by atoms with Gasteiger partial charge in [0.1, 0.15) is 11.9 Å². The van der Waals surface area contributed by atoms with Gasteiger partial charge in [-0.3, -0.25) is 5.32 Å². The molecule has 2 aromatic rings. The van der Waals surface area contributed by atoms with Crippen molar-refractivity contribution in [3.8, 4) is 6.07 Å². The standard InChI is InChI=1S/C20H25N5O/c1-20(2,3)25-13-15(12-21)11-18(25)22-19(26)24-10-9-23(4)17-8-6-5-7-16(17)14-24/h5-8,11,13H,9-10,14H2,1-4H3,(H,22,26). The second-order valence-electron chi connectivity index (χ2n) is 7.67. The van der Waals surface area contributed by atoms with Crippen LogP contribution in [-0.4, -0.2) is 35.6 Å². The SMILES string of the molecule is CN1CCN(C(=O)Nc2cc(C#N)cn2C(C)(C)C)Cc2ccccc21. The van der Waals surface area contributed by atoms with Gasteiger partial charge in [-0.2, -0.15) is 5.26 Å². The molecule has 0 spiro atoms. The molecule has 6 nitrogen and oxygen atoms in total. The fraction of sp³-hybridized carbons (Fsp3) is 0.400. The smallest absolute Gasteiger partial charge is 0.323 e. The van der Waals surface area contributed by atoms with Crippen LogP contribution in [0.1, 0.15) is 31.9 Å². The second-order valence-corrected chi connectivity index (χ2v) is 7.67. The number of amides is 2. The highest BCUT2D eigenvalue weighted by molar-refractivity contribution is 5.89. The third kappa shape index (κ3) is 3.52. The van der Waals surface area contributed by atoms with Crippen molar-refractivity contribution in [3.05, 3.63) is 47.7 Å². The summed E-state index contributed by atoms with van der Waals surface area (Å²) in [7, 11) is 2.05. The zero-order chi connectivity index (χ0) is 18.9. The molecule has 0 unspecified atom stereocenters. The number of nitrogens with one attached hydrogen (secondary N) is 1. The number of nitriles is 1. The van der Waals surface area contributed by atoms with Gasteiger partial charge in [-0.15, -0.1) is 0 Å². The Bertz CT molecular complexity index is 856. The molecule has 2 amide bonds. The van der Waals surface area contributed by atoms with Crippen molar-refractivity contribution >= 4 is 17.5 Å². The maximum absolute atomic E-state index is 12.9.